The van der Waals surface area contributed by atoms with Crippen LogP contribution in [0.25, 0.3) is 22.0 Å². The maximum atomic E-state index is 8.84. The topological polar surface area (TPSA) is 49.6 Å². The molecule has 0 atom stereocenters. The summed E-state index contributed by atoms with van der Waals surface area (Å²) < 4.78 is 0.899. The quantitative estimate of drug-likeness (QED) is 0.577. The maximum absolute atomic E-state index is 8.84. The SMILES string of the molecule is N#Cc1ccc(-c2cncc3c(Cl)c(I)cnc23)cc1. The second-order valence-electron chi connectivity index (χ2n) is 4.19. The number of aromatic nitrogens is 2. The number of fused-ring (bicyclic) bond motifs is 1. The molecule has 0 aliphatic carbocycles. The normalized spacial score (nSPS) is 10.4. The zero-order valence-corrected chi connectivity index (χ0v) is 13.1. The summed E-state index contributed by atoms with van der Waals surface area (Å²) in [7, 11) is 0. The summed E-state index contributed by atoms with van der Waals surface area (Å²) in [4.78, 5) is 8.70. The molecule has 0 bridgehead atoms. The minimum atomic E-state index is 0.627. The van der Waals surface area contributed by atoms with E-state index in [-0.39, 0.29) is 0 Å². The van der Waals surface area contributed by atoms with Gasteiger partial charge in [-0.25, -0.2) is 0 Å². The van der Waals surface area contributed by atoms with Crippen LogP contribution in [0.5, 0.6) is 0 Å². The molecule has 1 aromatic carbocycles. The molecule has 0 N–H and O–H groups in total. The van der Waals surface area contributed by atoms with Gasteiger partial charge in [0, 0.05) is 29.5 Å². The zero-order chi connectivity index (χ0) is 14.1. The van der Waals surface area contributed by atoms with E-state index in [4.69, 9.17) is 16.9 Å². The van der Waals surface area contributed by atoms with Crippen LogP contribution in [0.4, 0.5) is 0 Å². The second-order valence-corrected chi connectivity index (χ2v) is 5.73. The molecule has 0 aliphatic rings. The van der Waals surface area contributed by atoms with Crippen LogP contribution in [-0.4, -0.2) is 9.97 Å². The number of pyridine rings is 2. The van der Waals surface area contributed by atoms with E-state index in [1.807, 2.05) is 12.1 Å². The molecule has 0 spiro atoms. The van der Waals surface area contributed by atoms with Gasteiger partial charge in [-0.1, -0.05) is 23.7 Å². The molecule has 0 aliphatic heterocycles. The summed E-state index contributed by atoms with van der Waals surface area (Å²) in [6.07, 6.45) is 5.23. The maximum Gasteiger partial charge on any atom is 0.0991 e. The largest absolute Gasteiger partial charge is 0.263 e. The van der Waals surface area contributed by atoms with Crippen LogP contribution in [0.1, 0.15) is 5.56 Å². The van der Waals surface area contributed by atoms with Gasteiger partial charge < -0.3 is 0 Å². The van der Waals surface area contributed by atoms with Crippen LogP contribution >= 0.6 is 34.2 Å². The molecule has 20 heavy (non-hydrogen) atoms. The van der Waals surface area contributed by atoms with Gasteiger partial charge in [-0.3, -0.25) is 9.97 Å². The van der Waals surface area contributed by atoms with Crippen molar-refractivity contribution in [3.05, 3.63) is 57.0 Å². The highest BCUT2D eigenvalue weighted by atomic mass is 127. The molecule has 3 aromatic rings. The Balaban J connectivity index is 2.26. The molecule has 2 aromatic heterocycles. The van der Waals surface area contributed by atoms with Gasteiger partial charge in [-0.15, -0.1) is 0 Å². The van der Waals surface area contributed by atoms with E-state index in [1.54, 1.807) is 30.7 Å². The minimum absolute atomic E-state index is 0.627. The predicted octanol–water partition coefficient (Wildman–Crippen LogP) is 4.43. The Labute approximate surface area is 134 Å². The van der Waals surface area contributed by atoms with Crippen LogP contribution in [0.2, 0.25) is 5.02 Å². The molecule has 2 heterocycles. The lowest BCUT2D eigenvalue weighted by Gasteiger charge is -2.07. The third kappa shape index (κ3) is 2.23. The summed E-state index contributed by atoms with van der Waals surface area (Å²) in [5.41, 5.74) is 3.31. The molecular weight excluding hydrogens is 385 g/mol. The second kappa shape index (κ2) is 5.35. The standard InChI is InChI=1S/C15H7ClIN3/c16-14-12-7-19-6-11(15(12)20-8-13(14)17)10-3-1-9(5-18)2-4-10/h1-4,6-8H. The van der Waals surface area contributed by atoms with Crippen molar-refractivity contribution < 1.29 is 0 Å². The van der Waals surface area contributed by atoms with E-state index in [2.05, 4.69) is 38.6 Å². The van der Waals surface area contributed by atoms with Crippen molar-refractivity contribution in [1.82, 2.24) is 9.97 Å². The van der Waals surface area contributed by atoms with Crippen LogP contribution < -0.4 is 0 Å². The number of rotatable bonds is 1. The number of nitrogens with zero attached hydrogens (tertiary/aromatic N) is 3. The van der Waals surface area contributed by atoms with Gasteiger partial charge >= 0.3 is 0 Å². The molecule has 0 radical (unpaired) electrons. The molecule has 96 valence electrons. The number of hydrogen-bond acceptors (Lipinski definition) is 3. The Morgan fingerprint density at radius 2 is 1.85 bits per heavy atom. The highest BCUT2D eigenvalue weighted by Gasteiger charge is 2.10. The van der Waals surface area contributed by atoms with Gasteiger partial charge in [0.25, 0.3) is 0 Å². The molecule has 3 rings (SSSR count). The van der Waals surface area contributed by atoms with Crippen molar-refractivity contribution in [1.29, 1.82) is 5.26 Å². The Kier molecular flexibility index (Phi) is 3.55. The zero-order valence-electron chi connectivity index (χ0n) is 10.1. The molecule has 5 heteroatoms. The summed E-state index contributed by atoms with van der Waals surface area (Å²) in [5.74, 6) is 0. The van der Waals surface area contributed by atoms with Gasteiger partial charge in [0.15, 0.2) is 0 Å². The Morgan fingerprint density at radius 3 is 2.55 bits per heavy atom. The summed E-state index contributed by atoms with van der Waals surface area (Å²) in [6.45, 7) is 0. The van der Waals surface area contributed by atoms with Crippen molar-refractivity contribution in [2.75, 3.05) is 0 Å². The van der Waals surface area contributed by atoms with Crippen LogP contribution in [0, 0.1) is 14.9 Å². The van der Waals surface area contributed by atoms with Crippen LogP contribution in [0.3, 0.4) is 0 Å². The minimum Gasteiger partial charge on any atom is -0.263 e. The lowest BCUT2D eigenvalue weighted by molar-refractivity contribution is 1.31. The lowest BCUT2D eigenvalue weighted by Crippen LogP contribution is -1.90. The van der Waals surface area contributed by atoms with Gasteiger partial charge in [0.2, 0.25) is 0 Å². The fourth-order valence-electron chi connectivity index (χ4n) is 2.00. The summed E-state index contributed by atoms with van der Waals surface area (Å²) in [6, 6.07) is 9.45. The predicted molar refractivity (Wildman–Crippen MR) is 87.4 cm³/mol. The molecular formula is C15H7ClIN3. The number of nitriles is 1. The van der Waals surface area contributed by atoms with Crippen molar-refractivity contribution in [3.63, 3.8) is 0 Å². The molecule has 3 nitrogen and oxygen atoms in total. The van der Waals surface area contributed by atoms with E-state index in [0.717, 1.165) is 25.6 Å². The van der Waals surface area contributed by atoms with Gasteiger partial charge in [0.1, 0.15) is 0 Å². The number of hydrogen-bond donors (Lipinski definition) is 0. The summed E-state index contributed by atoms with van der Waals surface area (Å²) in [5, 5.41) is 10.3. The van der Waals surface area contributed by atoms with E-state index in [1.165, 1.54) is 0 Å². The Morgan fingerprint density at radius 1 is 1.10 bits per heavy atom. The molecule has 0 amide bonds. The van der Waals surface area contributed by atoms with Crippen LogP contribution in [-0.2, 0) is 0 Å². The molecule has 0 fully saturated rings. The first kappa shape index (κ1) is 13.3. The highest BCUT2D eigenvalue weighted by Crippen LogP contribution is 2.32. The van der Waals surface area contributed by atoms with E-state index in [0.29, 0.717) is 10.6 Å². The average molecular weight is 392 g/mol. The van der Waals surface area contributed by atoms with Gasteiger partial charge in [-0.2, -0.15) is 5.26 Å². The van der Waals surface area contributed by atoms with Crippen molar-refractivity contribution >= 4 is 45.1 Å². The smallest absolute Gasteiger partial charge is 0.0991 e. The first-order valence-corrected chi connectivity index (χ1v) is 7.24. The van der Waals surface area contributed by atoms with Crippen LogP contribution in [0.15, 0.2) is 42.9 Å². The molecule has 0 unspecified atom stereocenters. The van der Waals surface area contributed by atoms with Crippen molar-refractivity contribution in [2.24, 2.45) is 0 Å². The highest BCUT2D eigenvalue weighted by molar-refractivity contribution is 14.1. The Bertz CT molecular complexity index is 838. The first-order valence-electron chi connectivity index (χ1n) is 5.79. The third-order valence-electron chi connectivity index (χ3n) is 3.00. The van der Waals surface area contributed by atoms with Gasteiger partial charge in [-0.05, 0) is 40.3 Å². The first-order chi connectivity index (χ1) is 9.70. The fraction of sp³-hybridized carbons (Fsp3) is 0. The lowest BCUT2D eigenvalue weighted by atomic mass is 10.0. The van der Waals surface area contributed by atoms with Gasteiger partial charge in [0.05, 0.1) is 25.7 Å². The number of benzene rings is 1. The Hall–Kier alpha value is -1.71. The average Bonchev–Trinajstić information content (AvgIpc) is 2.51. The molecule has 0 saturated carbocycles. The number of halogens is 2. The molecule has 0 saturated heterocycles. The van der Waals surface area contributed by atoms with E-state index in [9.17, 15) is 0 Å². The van der Waals surface area contributed by atoms with Crippen molar-refractivity contribution in [2.45, 2.75) is 0 Å². The third-order valence-corrected chi connectivity index (χ3v) is 4.54. The monoisotopic (exact) mass is 391 g/mol. The van der Waals surface area contributed by atoms with E-state index < -0.39 is 0 Å². The summed E-state index contributed by atoms with van der Waals surface area (Å²) >= 11 is 8.45. The van der Waals surface area contributed by atoms with Crippen molar-refractivity contribution in [3.8, 4) is 17.2 Å². The van der Waals surface area contributed by atoms with E-state index >= 15 is 0 Å². The fourth-order valence-corrected chi connectivity index (χ4v) is 2.61.